The molecule has 0 radical (unpaired) electrons. The van der Waals surface area contributed by atoms with Gasteiger partial charge in [-0.05, 0) is 38.1 Å². The normalized spacial score (nSPS) is 10.7. The molecule has 5 heteroatoms. The summed E-state index contributed by atoms with van der Waals surface area (Å²) in [4.78, 5) is 14.4. The number of rotatable bonds is 6. The standard InChI is InChI=1S/C25H24N4O/c1-3-29(4-2)25(30)19-16-14-18(15-17-19)23-21-12-8-9-13-22(21)24(28-27-23)26-20-10-6-5-7-11-20/h5-17H,3-4H2,1-2H3,(H,26,28). The molecule has 1 N–H and O–H groups in total. The van der Waals surface area contributed by atoms with Crippen molar-refractivity contribution in [3.8, 4) is 11.3 Å². The van der Waals surface area contributed by atoms with E-state index in [-0.39, 0.29) is 5.91 Å². The van der Waals surface area contributed by atoms with E-state index >= 15 is 0 Å². The number of carbonyl (C=O) groups is 1. The summed E-state index contributed by atoms with van der Waals surface area (Å²) in [6, 6.07) is 25.6. The first-order valence-corrected chi connectivity index (χ1v) is 10.2. The zero-order chi connectivity index (χ0) is 20.9. The van der Waals surface area contributed by atoms with Crippen LogP contribution in [0.3, 0.4) is 0 Å². The van der Waals surface area contributed by atoms with E-state index in [1.807, 2.05) is 97.6 Å². The predicted molar refractivity (Wildman–Crippen MR) is 122 cm³/mol. The second-order valence-corrected chi connectivity index (χ2v) is 6.99. The Balaban J connectivity index is 1.70. The molecule has 1 amide bonds. The third-order valence-electron chi connectivity index (χ3n) is 5.18. The molecule has 0 fully saturated rings. The van der Waals surface area contributed by atoms with Gasteiger partial charge in [-0.3, -0.25) is 4.79 Å². The fourth-order valence-corrected chi connectivity index (χ4v) is 3.53. The summed E-state index contributed by atoms with van der Waals surface area (Å²) < 4.78 is 0. The van der Waals surface area contributed by atoms with E-state index in [9.17, 15) is 4.79 Å². The third-order valence-corrected chi connectivity index (χ3v) is 5.18. The fraction of sp³-hybridized carbons (Fsp3) is 0.160. The molecule has 1 aromatic heterocycles. The highest BCUT2D eigenvalue weighted by Gasteiger charge is 2.14. The van der Waals surface area contributed by atoms with Crippen LogP contribution in [0, 0.1) is 0 Å². The van der Waals surface area contributed by atoms with Crippen molar-refractivity contribution < 1.29 is 4.79 Å². The van der Waals surface area contributed by atoms with Crippen molar-refractivity contribution in [1.29, 1.82) is 0 Å². The number of nitrogens with zero attached hydrogens (tertiary/aromatic N) is 3. The Morgan fingerprint density at radius 3 is 2.10 bits per heavy atom. The number of hydrogen-bond acceptors (Lipinski definition) is 4. The molecule has 4 rings (SSSR count). The number of para-hydroxylation sites is 1. The van der Waals surface area contributed by atoms with Gasteiger partial charge in [0.2, 0.25) is 0 Å². The maximum Gasteiger partial charge on any atom is 0.253 e. The maximum absolute atomic E-state index is 12.6. The average Bonchev–Trinajstić information content (AvgIpc) is 2.81. The van der Waals surface area contributed by atoms with Crippen LogP contribution in [-0.2, 0) is 0 Å². The number of anilines is 2. The van der Waals surface area contributed by atoms with Crippen LogP contribution >= 0.6 is 0 Å². The zero-order valence-electron chi connectivity index (χ0n) is 17.2. The van der Waals surface area contributed by atoms with E-state index in [2.05, 4.69) is 15.5 Å². The van der Waals surface area contributed by atoms with Crippen LogP contribution in [0.4, 0.5) is 11.5 Å². The maximum atomic E-state index is 12.6. The second-order valence-electron chi connectivity index (χ2n) is 6.99. The summed E-state index contributed by atoms with van der Waals surface area (Å²) in [6.07, 6.45) is 0. The molecule has 150 valence electrons. The molecule has 4 aromatic rings. The summed E-state index contributed by atoms with van der Waals surface area (Å²) in [7, 11) is 0. The van der Waals surface area contributed by atoms with Crippen molar-refractivity contribution in [2.24, 2.45) is 0 Å². The van der Waals surface area contributed by atoms with Crippen molar-refractivity contribution in [3.63, 3.8) is 0 Å². The summed E-state index contributed by atoms with van der Waals surface area (Å²) in [5.74, 6) is 0.763. The van der Waals surface area contributed by atoms with Crippen molar-refractivity contribution >= 4 is 28.2 Å². The van der Waals surface area contributed by atoms with Crippen LogP contribution in [0.15, 0.2) is 78.9 Å². The van der Waals surface area contributed by atoms with E-state index in [0.717, 1.165) is 27.7 Å². The molecule has 0 aliphatic carbocycles. The van der Waals surface area contributed by atoms with E-state index in [1.54, 1.807) is 0 Å². The largest absolute Gasteiger partial charge is 0.339 e. The lowest BCUT2D eigenvalue weighted by Gasteiger charge is -2.18. The Morgan fingerprint density at radius 2 is 1.43 bits per heavy atom. The van der Waals surface area contributed by atoms with Gasteiger partial charge in [-0.15, -0.1) is 10.2 Å². The van der Waals surface area contributed by atoms with Crippen LogP contribution in [0.2, 0.25) is 0 Å². The van der Waals surface area contributed by atoms with E-state index in [4.69, 9.17) is 0 Å². The quantitative estimate of drug-likeness (QED) is 0.466. The highest BCUT2D eigenvalue weighted by molar-refractivity contribution is 6.01. The highest BCUT2D eigenvalue weighted by Crippen LogP contribution is 2.31. The molecule has 0 atom stereocenters. The first-order chi connectivity index (χ1) is 14.7. The molecule has 0 spiro atoms. The van der Waals surface area contributed by atoms with Gasteiger partial charge in [0.05, 0.1) is 0 Å². The Morgan fingerprint density at radius 1 is 0.800 bits per heavy atom. The number of hydrogen-bond donors (Lipinski definition) is 1. The van der Waals surface area contributed by atoms with Gasteiger partial charge in [-0.2, -0.15) is 0 Å². The second kappa shape index (κ2) is 8.74. The third kappa shape index (κ3) is 3.87. The number of benzene rings is 3. The lowest BCUT2D eigenvalue weighted by Crippen LogP contribution is -2.30. The molecule has 30 heavy (non-hydrogen) atoms. The fourth-order valence-electron chi connectivity index (χ4n) is 3.53. The number of fused-ring (bicyclic) bond motifs is 1. The molecule has 0 unspecified atom stereocenters. The molecule has 0 bridgehead atoms. The molecule has 0 aliphatic heterocycles. The van der Waals surface area contributed by atoms with Gasteiger partial charge in [0.25, 0.3) is 5.91 Å². The molecule has 1 heterocycles. The molecule has 0 aliphatic rings. The minimum absolute atomic E-state index is 0.0462. The summed E-state index contributed by atoms with van der Waals surface area (Å²) >= 11 is 0. The topological polar surface area (TPSA) is 58.1 Å². The minimum atomic E-state index is 0.0462. The number of amides is 1. The van der Waals surface area contributed by atoms with Crippen LogP contribution in [0.1, 0.15) is 24.2 Å². The average molecular weight is 396 g/mol. The van der Waals surface area contributed by atoms with Crippen molar-refractivity contribution in [3.05, 3.63) is 84.4 Å². The van der Waals surface area contributed by atoms with E-state index in [0.29, 0.717) is 24.5 Å². The minimum Gasteiger partial charge on any atom is -0.339 e. The predicted octanol–water partition coefficient (Wildman–Crippen LogP) is 5.52. The molecule has 0 saturated carbocycles. The number of carbonyl (C=O) groups excluding carboxylic acids is 1. The Kier molecular flexibility index (Phi) is 5.70. The summed E-state index contributed by atoms with van der Waals surface area (Å²) in [5.41, 5.74) is 3.37. The monoisotopic (exact) mass is 396 g/mol. The van der Waals surface area contributed by atoms with Crippen LogP contribution in [0.5, 0.6) is 0 Å². The Labute approximate surface area is 176 Å². The summed E-state index contributed by atoms with van der Waals surface area (Å²) in [5, 5.41) is 14.3. The van der Waals surface area contributed by atoms with Gasteiger partial charge in [-0.1, -0.05) is 54.6 Å². The van der Waals surface area contributed by atoms with Crippen molar-refractivity contribution in [1.82, 2.24) is 15.1 Å². The lowest BCUT2D eigenvalue weighted by atomic mass is 10.0. The van der Waals surface area contributed by atoms with Crippen molar-refractivity contribution in [2.45, 2.75) is 13.8 Å². The van der Waals surface area contributed by atoms with Gasteiger partial charge < -0.3 is 10.2 Å². The molecule has 0 saturated heterocycles. The molecular weight excluding hydrogens is 372 g/mol. The Hall–Kier alpha value is -3.73. The molecular formula is C25H24N4O. The lowest BCUT2D eigenvalue weighted by molar-refractivity contribution is 0.0773. The van der Waals surface area contributed by atoms with Crippen LogP contribution < -0.4 is 5.32 Å². The van der Waals surface area contributed by atoms with Gasteiger partial charge in [0, 0.05) is 40.7 Å². The first-order valence-electron chi connectivity index (χ1n) is 10.2. The molecule has 5 nitrogen and oxygen atoms in total. The Bertz CT molecular complexity index is 1150. The number of nitrogens with one attached hydrogen (secondary N) is 1. The highest BCUT2D eigenvalue weighted by atomic mass is 16.2. The SMILES string of the molecule is CCN(CC)C(=O)c1ccc(-c2nnc(Nc3ccccc3)c3ccccc23)cc1. The van der Waals surface area contributed by atoms with Gasteiger partial charge in [0.15, 0.2) is 5.82 Å². The first kappa shape index (κ1) is 19.6. The smallest absolute Gasteiger partial charge is 0.253 e. The number of aromatic nitrogens is 2. The van der Waals surface area contributed by atoms with Gasteiger partial charge in [-0.25, -0.2) is 0 Å². The van der Waals surface area contributed by atoms with Crippen LogP contribution in [-0.4, -0.2) is 34.1 Å². The van der Waals surface area contributed by atoms with Gasteiger partial charge in [0.1, 0.15) is 5.69 Å². The van der Waals surface area contributed by atoms with Gasteiger partial charge >= 0.3 is 0 Å². The summed E-state index contributed by atoms with van der Waals surface area (Å²) in [6.45, 7) is 5.37. The van der Waals surface area contributed by atoms with E-state index in [1.165, 1.54) is 0 Å². The molecule has 3 aromatic carbocycles. The zero-order valence-corrected chi connectivity index (χ0v) is 17.2. The van der Waals surface area contributed by atoms with E-state index < -0.39 is 0 Å². The van der Waals surface area contributed by atoms with Crippen LogP contribution in [0.25, 0.3) is 22.0 Å². The van der Waals surface area contributed by atoms with Crippen molar-refractivity contribution in [2.75, 3.05) is 18.4 Å².